The zero-order valence-corrected chi connectivity index (χ0v) is 9.80. The second-order valence-electron chi connectivity index (χ2n) is 4.62. The van der Waals surface area contributed by atoms with Crippen LogP contribution in [0.4, 0.5) is 0 Å². The lowest BCUT2D eigenvalue weighted by molar-refractivity contribution is 0.150. The molecule has 0 unspecified atom stereocenters. The molecule has 16 heavy (non-hydrogen) atoms. The molecule has 0 bridgehead atoms. The number of halogens is 1. The maximum absolute atomic E-state index is 9.95. The minimum Gasteiger partial charge on any atom is -0.454 e. The van der Waals surface area contributed by atoms with Crippen molar-refractivity contribution in [2.45, 2.75) is 31.8 Å². The van der Waals surface area contributed by atoms with Crippen molar-refractivity contribution in [1.29, 1.82) is 0 Å². The molecule has 0 saturated heterocycles. The fourth-order valence-electron chi connectivity index (χ4n) is 2.03. The Bertz CT molecular complexity index is 452. The Hall–Kier alpha value is -0.930. The van der Waals surface area contributed by atoms with Crippen LogP contribution >= 0.6 is 11.6 Å². The van der Waals surface area contributed by atoms with Crippen LogP contribution in [0.5, 0.6) is 11.5 Å². The van der Waals surface area contributed by atoms with Gasteiger partial charge < -0.3 is 14.6 Å². The van der Waals surface area contributed by atoms with E-state index in [2.05, 4.69) is 0 Å². The lowest BCUT2D eigenvalue weighted by Gasteiger charge is -2.13. The molecule has 0 spiro atoms. The second-order valence-corrected chi connectivity index (χ2v) is 5.00. The van der Waals surface area contributed by atoms with Gasteiger partial charge in [-0.1, -0.05) is 11.6 Å². The van der Waals surface area contributed by atoms with Gasteiger partial charge in [-0.2, -0.15) is 0 Å². The molecule has 1 fully saturated rings. The van der Waals surface area contributed by atoms with Gasteiger partial charge in [0.25, 0.3) is 0 Å². The van der Waals surface area contributed by atoms with Gasteiger partial charge in [0.05, 0.1) is 10.6 Å². The smallest absolute Gasteiger partial charge is 0.231 e. The first kappa shape index (κ1) is 10.2. The van der Waals surface area contributed by atoms with Crippen LogP contribution in [-0.2, 0) is 6.42 Å². The summed E-state index contributed by atoms with van der Waals surface area (Å²) in [6.45, 7) is 2.21. The average molecular weight is 241 g/mol. The molecule has 0 amide bonds. The van der Waals surface area contributed by atoms with Gasteiger partial charge in [0, 0.05) is 6.42 Å². The Morgan fingerprint density at radius 1 is 1.44 bits per heavy atom. The molecule has 1 heterocycles. The van der Waals surface area contributed by atoms with Crippen molar-refractivity contribution in [3.05, 3.63) is 22.2 Å². The van der Waals surface area contributed by atoms with Crippen LogP contribution in [0.25, 0.3) is 0 Å². The molecule has 86 valence electrons. The summed E-state index contributed by atoms with van der Waals surface area (Å²) in [5.41, 5.74) is 1.49. The maximum atomic E-state index is 9.95. The molecule has 4 heteroatoms. The zero-order chi connectivity index (χ0) is 11.3. The molecule has 1 aliphatic carbocycles. The van der Waals surface area contributed by atoms with Crippen molar-refractivity contribution in [3.63, 3.8) is 0 Å². The third-order valence-electron chi connectivity index (χ3n) is 3.26. The molecule has 2 aliphatic rings. The third kappa shape index (κ3) is 1.55. The van der Waals surface area contributed by atoms with Crippen LogP contribution in [0.2, 0.25) is 5.02 Å². The fourth-order valence-corrected chi connectivity index (χ4v) is 2.39. The number of fused-ring (bicyclic) bond motifs is 1. The first-order chi connectivity index (χ1) is 7.59. The van der Waals surface area contributed by atoms with Gasteiger partial charge in [-0.3, -0.25) is 0 Å². The number of aliphatic hydroxyl groups is 1. The largest absolute Gasteiger partial charge is 0.454 e. The van der Waals surface area contributed by atoms with Crippen LogP contribution < -0.4 is 9.47 Å². The van der Waals surface area contributed by atoms with Crippen molar-refractivity contribution < 1.29 is 14.6 Å². The highest BCUT2D eigenvalue weighted by Gasteiger charge is 2.41. The molecule has 1 aromatic rings. The Kier molecular flexibility index (Phi) is 2.10. The molecule has 1 N–H and O–H groups in total. The number of benzene rings is 1. The highest BCUT2D eigenvalue weighted by atomic mass is 35.5. The molecular formula is C12H13ClO3. The zero-order valence-electron chi connectivity index (χ0n) is 9.05. The summed E-state index contributed by atoms with van der Waals surface area (Å²) in [4.78, 5) is 0. The quantitative estimate of drug-likeness (QED) is 0.863. The summed E-state index contributed by atoms with van der Waals surface area (Å²) >= 11 is 6.28. The van der Waals surface area contributed by atoms with E-state index in [1.54, 1.807) is 0 Å². The molecule has 0 atom stereocenters. The summed E-state index contributed by atoms with van der Waals surface area (Å²) in [7, 11) is 0. The molecule has 1 saturated carbocycles. The second kappa shape index (κ2) is 3.28. The van der Waals surface area contributed by atoms with E-state index < -0.39 is 5.60 Å². The van der Waals surface area contributed by atoms with Crippen LogP contribution in [0.3, 0.4) is 0 Å². The van der Waals surface area contributed by atoms with E-state index in [4.69, 9.17) is 21.1 Å². The summed E-state index contributed by atoms with van der Waals surface area (Å²) in [6.07, 6.45) is 2.32. The number of hydrogen-bond acceptors (Lipinski definition) is 3. The molecule has 1 aliphatic heterocycles. The minimum atomic E-state index is -0.540. The average Bonchev–Trinajstić information content (AvgIpc) is 2.77. The van der Waals surface area contributed by atoms with E-state index in [0.717, 1.165) is 24.0 Å². The number of ether oxygens (including phenoxy) is 2. The summed E-state index contributed by atoms with van der Waals surface area (Å²) in [6, 6.07) is 1.93. The van der Waals surface area contributed by atoms with E-state index in [1.807, 2.05) is 13.0 Å². The van der Waals surface area contributed by atoms with Gasteiger partial charge in [0.15, 0.2) is 11.5 Å². The lowest BCUT2D eigenvalue weighted by Crippen LogP contribution is -2.12. The van der Waals surface area contributed by atoms with Gasteiger partial charge in [0.1, 0.15) is 0 Å². The van der Waals surface area contributed by atoms with E-state index in [-0.39, 0.29) is 6.79 Å². The highest BCUT2D eigenvalue weighted by Crippen LogP contribution is 2.46. The number of aryl methyl sites for hydroxylation is 1. The maximum Gasteiger partial charge on any atom is 0.231 e. The number of hydrogen-bond donors (Lipinski definition) is 1. The van der Waals surface area contributed by atoms with Crippen molar-refractivity contribution in [1.82, 2.24) is 0 Å². The topological polar surface area (TPSA) is 38.7 Å². The highest BCUT2D eigenvalue weighted by molar-refractivity contribution is 6.33. The van der Waals surface area contributed by atoms with E-state index in [9.17, 15) is 5.11 Å². The molecule has 1 aromatic carbocycles. The van der Waals surface area contributed by atoms with Gasteiger partial charge in [0.2, 0.25) is 6.79 Å². The Morgan fingerprint density at radius 2 is 2.19 bits per heavy atom. The normalized spacial score (nSPS) is 19.9. The van der Waals surface area contributed by atoms with Crippen molar-refractivity contribution in [2.75, 3.05) is 6.79 Å². The van der Waals surface area contributed by atoms with Crippen molar-refractivity contribution in [2.24, 2.45) is 0 Å². The van der Waals surface area contributed by atoms with E-state index in [1.165, 1.54) is 0 Å². The van der Waals surface area contributed by atoms with Crippen LogP contribution in [-0.4, -0.2) is 17.5 Å². The van der Waals surface area contributed by atoms with Gasteiger partial charge >= 0.3 is 0 Å². The Balaban J connectivity index is 2.03. The SMILES string of the molecule is Cc1cc2c(c(Cl)c1CC1(O)CC1)OCO2. The summed E-state index contributed by atoms with van der Waals surface area (Å²) in [5.74, 6) is 1.32. The molecular weight excluding hydrogens is 228 g/mol. The van der Waals surface area contributed by atoms with Gasteiger partial charge in [-0.25, -0.2) is 0 Å². The van der Waals surface area contributed by atoms with Gasteiger partial charge in [-0.15, -0.1) is 0 Å². The first-order valence-electron chi connectivity index (χ1n) is 5.39. The van der Waals surface area contributed by atoms with Crippen molar-refractivity contribution >= 4 is 11.6 Å². The standard InChI is InChI=1S/C12H13ClO3/c1-7-4-9-11(16-6-15-9)10(13)8(7)5-12(14)2-3-12/h4,14H,2-3,5-6H2,1H3. The van der Waals surface area contributed by atoms with Gasteiger partial charge in [-0.05, 0) is 37.0 Å². The predicted octanol–water partition coefficient (Wildman–Crippen LogP) is 2.44. The fraction of sp³-hybridized carbons (Fsp3) is 0.500. The third-order valence-corrected chi connectivity index (χ3v) is 3.66. The van der Waals surface area contributed by atoms with Crippen LogP contribution in [0.1, 0.15) is 24.0 Å². The molecule has 3 rings (SSSR count). The molecule has 0 aromatic heterocycles. The van der Waals surface area contributed by atoms with Crippen molar-refractivity contribution in [3.8, 4) is 11.5 Å². The Morgan fingerprint density at radius 3 is 2.88 bits per heavy atom. The number of rotatable bonds is 2. The summed E-state index contributed by atoms with van der Waals surface area (Å²) in [5, 5.41) is 10.5. The Labute approximate surface area is 98.9 Å². The van der Waals surface area contributed by atoms with Crippen LogP contribution in [0.15, 0.2) is 6.07 Å². The van der Waals surface area contributed by atoms with E-state index in [0.29, 0.717) is 22.9 Å². The van der Waals surface area contributed by atoms with E-state index >= 15 is 0 Å². The molecule has 3 nitrogen and oxygen atoms in total. The first-order valence-corrected chi connectivity index (χ1v) is 5.77. The lowest BCUT2D eigenvalue weighted by atomic mass is 10.0. The molecule has 0 radical (unpaired) electrons. The predicted molar refractivity (Wildman–Crippen MR) is 60.2 cm³/mol. The summed E-state index contributed by atoms with van der Waals surface area (Å²) < 4.78 is 10.6. The van der Waals surface area contributed by atoms with Crippen LogP contribution in [0, 0.1) is 6.92 Å². The minimum absolute atomic E-state index is 0.224. The monoisotopic (exact) mass is 240 g/mol.